The molecule has 0 aliphatic carbocycles. The van der Waals surface area contributed by atoms with Crippen LogP contribution in [0, 0.1) is 17.2 Å². The molecule has 5 nitrogen and oxygen atoms in total. The molecule has 6 heteroatoms. The first-order chi connectivity index (χ1) is 11.6. The van der Waals surface area contributed by atoms with Crippen LogP contribution in [0.5, 0.6) is 0 Å². The summed E-state index contributed by atoms with van der Waals surface area (Å²) in [5, 5.41) is 12.0. The molecule has 120 valence electrons. The highest BCUT2D eigenvalue weighted by Gasteiger charge is 2.35. The van der Waals surface area contributed by atoms with Gasteiger partial charge in [0.15, 0.2) is 0 Å². The molecule has 24 heavy (non-hydrogen) atoms. The highest BCUT2D eigenvalue weighted by molar-refractivity contribution is 6.33. The number of para-hydroxylation sites is 1. The molecule has 1 atom stereocenters. The number of nitrogens with zero attached hydrogens (tertiary/aromatic N) is 2. The number of hydrogen-bond acceptors (Lipinski definition) is 3. The number of nitrogens with one attached hydrogen (secondary N) is 1. The van der Waals surface area contributed by atoms with E-state index in [1.165, 1.54) is 0 Å². The van der Waals surface area contributed by atoms with Crippen molar-refractivity contribution in [1.82, 2.24) is 0 Å². The largest absolute Gasteiger partial charge is 0.326 e. The van der Waals surface area contributed by atoms with Gasteiger partial charge in [0, 0.05) is 18.7 Å². The van der Waals surface area contributed by atoms with E-state index in [9.17, 15) is 9.59 Å². The average molecular weight is 340 g/mol. The van der Waals surface area contributed by atoms with E-state index in [4.69, 9.17) is 16.9 Å². The number of nitriles is 1. The molecule has 0 spiro atoms. The number of amides is 2. The zero-order chi connectivity index (χ0) is 17.1. The summed E-state index contributed by atoms with van der Waals surface area (Å²) < 4.78 is 0. The monoisotopic (exact) mass is 339 g/mol. The molecule has 0 unspecified atom stereocenters. The van der Waals surface area contributed by atoms with Gasteiger partial charge in [0.2, 0.25) is 11.8 Å². The lowest BCUT2D eigenvalue weighted by atomic mass is 10.1. The molecule has 1 N–H and O–H groups in total. The minimum atomic E-state index is -0.440. The Morgan fingerprint density at radius 3 is 2.58 bits per heavy atom. The summed E-state index contributed by atoms with van der Waals surface area (Å²) in [7, 11) is 0. The fourth-order valence-corrected chi connectivity index (χ4v) is 2.90. The third-order valence-electron chi connectivity index (χ3n) is 3.92. The van der Waals surface area contributed by atoms with Crippen molar-refractivity contribution in [2.24, 2.45) is 5.92 Å². The van der Waals surface area contributed by atoms with E-state index in [1.54, 1.807) is 53.4 Å². The van der Waals surface area contributed by atoms with Gasteiger partial charge in [-0.2, -0.15) is 5.26 Å². The Bertz CT molecular complexity index is 827. The maximum absolute atomic E-state index is 12.4. The number of benzene rings is 2. The molecule has 0 radical (unpaired) electrons. The van der Waals surface area contributed by atoms with Crippen LogP contribution in [0.4, 0.5) is 11.4 Å². The number of halogens is 1. The smallest absolute Gasteiger partial charge is 0.229 e. The fourth-order valence-electron chi connectivity index (χ4n) is 2.66. The molecule has 3 rings (SSSR count). The predicted molar refractivity (Wildman–Crippen MR) is 91.7 cm³/mol. The first-order valence-corrected chi connectivity index (χ1v) is 7.82. The molecule has 0 bridgehead atoms. The summed E-state index contributed by atoms with van der Waals surface area (Å²) in [6, 6.07) is 15.7. The van der Waals surface area contributed by atoms with Gasteiger partial charge in [0.1, 0.15) is 0 Å². The Morgan fingerprint density at radius 2 is 1.92 bits per heavy atom. The topological polar surface area (TPSA) is 73.2 Å². The molecule has 2 aromatic rings. The van der Waals surface area contributed by atoms with Crippen molar-refractivity contribution in [3.63, 3.8) is 0 Å². The lowest BCUT2D eigenvalue weighted by Crippen LogP contribution is -2.28. The third-order valence-corrected chi connectivity index (χ3v) is 4.24. The van der Waals surface area contributed by atoms with Crippen LogP contribution < -0.4 is 10.2 Å². The predicted octanol–water partition coefficient (Wildman–Crippen LogP) is 3.20. The minimum absolute atomic E-state index is 0.122. The van der Waals surface area contributed by atoms with Gasteiger partial charge in [0.05, 0.1) is 28.3 Å². The number of carbonyl (C=O) groups excluding carboxylic acids is 2. The molecule has 0 aromatic heterocycles. The van der Waals surface area contributed by atoms with E-state index in [1.807, 2.05) is 6.07 Å². The SMILES string of the molecule is N#Cc1ccc(NC(=O)[C@H]2CC(=O)N(c3ccccc3Cl)C2)cc1. The van der Waals surface area contributed by atoms with Crippen LogP contribution in [0.15, 0.2) is 48.5 Å². The summed E-state index contributed by atoms with van der Waals surface area (Å²) in [6.45, 7) is 0.296. The molecule has 1 saturated heterocycles. The number of rotatable bonds is 3. The van der Waals surface area contributed by atoms with E-state index >= 15 is 0 Å². The standard InChI is InChI=1S/C18H14ClN3O2/c19-15-3-1-2-4-16(15)22-11-13(9-17(22)23)18(24)21-14-7-5-12(10-20)6-8-14/h1-8,13H,9,11H2,(H,21,24)/t13-/m0/s1. The Morgan fingerprint density at radius 1 is 1.21 bits per heavy atom. The zero-order valence-electron chi connectivity index (χ0n) is 12.7. The van der Waals surface area contributed by atoms with E-state index in [0.29, 0.717) is 28.5 Å². The highest BCUT2D eigenvalue weighted by atomic mass is 35.5. The zero-order valence-corrected chi connectivity index (χ0v) is 13.5. The number of hydrogen-bond donors (Lipinski definition) is 1. The van der Waals surface area contributed by atoms with Crippen LogP contribution in [0.3, 0.4) is 0 Å². The van der Waals surface area contributed by atoms with Crippen LogP contribution in [-0.4, -0.2) is 18.4 Å². The number of anilines is 2. The summed E-state index contributed by atoms with van der Waals surface area (Å²) in [6.07, 6.45) is 0.146. The molecular formula is C18H14ClN3O2. The van der Waals surface area contributed by atoms with E-state index < -0.39 is 5.92 Å². The Labute approximate surface area is 144 Å². The van der Waals surface area contributed by atoms with Gasteiger partial charge >= 0.3 is 0 Å². The highest BCUT2D eigenvalue weighted by Crippen LogP contribution is 2.31. The molecule has 2 aromatic carbocycles. The Hall–Kier alpha value is -2.84. The van der Waals surface area contributed by atoms with Crippen molar-refractivity contribution in [1.29, 1.82) is 5.26 Å². The first kappa shape index (κ1) is 16.0. The maximum atomic E-state index is 12.4. The van der Waals surface area contributed by atoms with Crippen molar-refractivity contribution in [3.05, 3.63) is 59.1 Å². The second kappa shape index (κ2) is 6.73. The quantitative estimate of drug-likeness (QED) is 0.933. The van der Waals surface area contributed by atoms with Crippen LogP contribution in [0.2, 0.25) is 5.02 Å². The van der Waals surface area contributed by atoms with E-state index in [2.05, 4.69) is 5.32 Å². The minimum Gasteiger partial charge on any atom is -0.326 e. The normalized spacial score (nSPS) is 16.8. The summed E-state index contributed by atoms with van der Waals surface area (Å²) >= 11 is 6.13. The van der Waals surface area contributed by atoms with Gasteiger partial charge in [0.25, 0.3) is 0 Å². The fraction of sp³-hybridized carbons (Fsp3) is 0.167. The van der Waals surface area contributed by atoms with Gasteiger partial charge in [-0.25, -0.2) is 0 Å². The van der Waals surface area contributed by atoms with Crippen molar-refractivity contribution >= 4 is 34.8 Å². The van der Waals surface area contributed by atoms with Gasteiger partial charge in [-0.15, -0.1) is 0 Å². The van der Waals surface area contributed by atoms with Crippen molar-refractivity contribution in [2.45, 2.75) is 6.42 Å². The first-order valence-electron chi connectivity index (χ1n) is 7.44. The van der Waals surface area contributed by atoms with Gasteiger partial charge in [-0.3, -0.25) is 9.59 Å². The Kier molecular flexibility index (Phi) is 4.50. The Balaban J connectivity index is 1.70. The van der Waals surface area contributed by atoms with Crippen molar-refractivity contribution in [3.8, 4) is 6.07 Å². The van der Waals surface area contributed by atoms with Crippen LogP contribution >= 0.6 is 11.6 Å². The van der Waals surface area contributed by atoms with Crippen molar-refractivity contribution < 1.29 is 9.59 Å². The van der Waals surface area contributed by atoms with Crippen LogP contribution in [0.25, 0.3) is 0 Å². The van der Waals surface area contributed by atoms with Gasteiger partial charge in [-0.1, -0.05) is 23.7 Å². The van der Waals surface area contributed by atoms with Crippen molar-refractivity contribution in [2.75, 3.05) is 16.8 Å². The molecule has 1 aliphatic heterocycles. The molecule has 1 fully saturated rings. The lowest BCUT2D eigenvalue weighted by Gasteiger charge is -2.18. The molecule has 2 amide bonds. The molecule has 1 aliphatic rings. The third kappa shape index (κ3) is 3.24. The lowest BCUT2D eigenvalue weighted by molar-refractivity contribution is -0.122. The summed E-state index contributed by atoms with van der Waals surface area (Å²) in [5.74, 6) is -0.782. The molecule has 0 saturated carbocycles. The summed E-state index contributed by atoms with van der Waals surface area (Å²) in [5.41, 5.74) is 1.74. The maximum Gasteiger partial charge on any atom is 0.229 e. The molecular weight excluding hydrogens is 326 g/mol. The van der Waals surface area contributed by atoms with E-state index in [0.717, 1.165) is 0 Å². The van der Waals surface area contributed by atoms with Gasteiger partial charge < -0.3 is 10.2 Å². The second-order valence-corrected chi connectivity index (χ2v) is 5.94. The second-order valence-electron chi connectivity index (χ2n) is 5.54. The van der Waals surface area contributed by atoms with Gasteiger partial charge in [-0.05, 0) is 36.4 Å². The van der Waals surface area contributed by atoms with Crippen LogP contribution in [-0.2, 0) is 9.59 Å². The van der Waals surface area contributed by atoms with Crippen LogP contribution in [0.1, 0.15) is 12.0 Å². The van der Waals surface area contributed by atoms with E-state index in [-0.39, 0.29) is 18.2 Å². The molecule has 1 heterocycles. The number of carbonyl (C=O) groups is 2. The average Bonchev–Trinajstić information content (AvgIpc) is 2.98. The summed E-state index contributed by atoms with van der Waals surface area (Å²) in [4.78, 5) is 26.2.